The summed E-state index contributed by atoms with van der Waals surface area (Å²) >= 11 is 6.17. The molecule has 2 aromatic rings. The molecule has 2 N–H and O–H groups in total. The van der Waals surface area contributed by atoms with Crippen LogP contribution in [0.4, 0.5) is 0 Å². The van der Waals surface area contributed by atoms with E-state index in [1.165, 1.54) is 0 Å². The molecule has 21 heavy (non-hydrogen) atoms. The van der Waals surface area contributed by atoms with E-state index in [0.717, 1.165) is 16.5 Å². The van der Waals surface area contributed by atoms with Gasteiger partial charge in [-0.2, -0.15) is 0 Å². The highest BCUT2D eigenvalue weighted by molar-refractivity contribution is 6.35. The smallest absolute Gasteiger partial charge is 0.221 e. The van der Waals surface area contributed by atoms with Crippen LogP contribution in [0.25, 0.3) is 10.9 Å². The van der Waals surface area contributed by atoms with E-state index in [-0.39, 0.29) is 11.9 Å². The van der Waals surface area contributed by atoms with Gasteiger partial charge in [0.05, 0.1) is 5.52 Å². The molecule has 0 saturated heterocycles. The molecule has 0 radical (unpaired) electrons. The van der Waals surface area contributed by atoms with Crippen molar-refractivity contribution in [1.82, 2.24) is 15.6 Å². The number of hydrogen-bond donors (Lipinski definition) is 2. The Kier molecular flexibility index (Phi) is 5.53. The number of hydrogen-bond acceptors (Lipinski definition) is 3. The summed E-state index contributed by atoms with van der Waals surface area (Å²) in [4.78, 5) is 15.9. The summed E-state index contributed by atoms with van der Waals surface area (Å²) < 4.78 is 0. The van der Waals surface area contributed by atoms with Crippen LogP contribution in [0.15, 0.2) is 30.5 Å². The van der Waals surface area contributed by atoms with Crippen molar-refractivity contribution in [3.05, 3.63) is 41.0 Å². The molecule has 0 aliphatic heterocycles. The van der Waals surface area contributed by atoms with Crippen LogP contribution in [0.2, 0.25) is 5.02 Å². The van der Waals surface area contributed by atoms with Crippen molar-refractivity contribution in [3.8, 4) is 0 Å². The van der Waals surface area contributed by atoms with Crippen molar-refractivity contribution in [3.63, 3.8) is 0 Å². The highest BCUT2D eigenvalue weighted by atomic mass is 35.5. The van der Waals surface area contributed by atoms with E-state index in [2.05, 4.69) is 15.6 Å². The molecule has 0 aliphatic carbocycles. The molecule has 2 rings (SSSR count). The van der Waals surface area contributed by atoms with Crippen molar-refractivity contribution in [1.29, 1.82) is 0 Å². The molecule has 0 spiro atoms. The number of aromatic nitrogens is 1. The molecular formula is C16H20ClN3O. The minimum atomic E-state index is 0.0663. The van der Waals surface area contributed by atoms with Crippen LogP contribution in [-0.2, 0) is 11.3 Å². The first-order chi connectivity index (χ1) is 10.1. The van der Waals surface area contributed by atoms with Gasteiger partial charge >= 0.3 is 0 Å². The van der Waals surface area contributed by atoms with Gasteiger partial charge < -0.3 is 10.6 Å². The van der Waals surface area contributed by atoms with Gasteiger partial charge in [0.1, 0.15) is 0 Å². The minimum Gasteiger partial charge on any atom is -0.354 e. The Morgan fingerprint density at radius 2 is 2.14 bits per heavy atom. The number of halogens is 1. The van der Waals surface area contributed by atoms with Crippen LogP contribution < -0.4 is 10.6 Å². The van der Waals surface area contributed by atoms with Crippen LogP contribution in [0.5, 0.6) is 0 Å². The molecule has 0 fully saturated rings. The van der Waals surface area contributed by atoms with Gasteiger partial charge in [0.15, 0.2) is 0 Å². The third kappa shape index (κ3) is 4.41. The first-order valence-electron chi connectivity index (χ1n) is 7.10. The summed E-state index contributed by atoms with van der Waals surface area (Å²) in [6.45, 7) is 5.21. The lowest BCUT2D eigenvalue weighted by molar-refractivity contribution is -0.121. The summed E-state index contributed by atoms with van der Waals surface area (Å²) in [6.07, 6.45) is 2.23. The molecule has 112 valence electrons. The van der Waals surface area contributed by atoms with E-state index in [1.807, 2.05) is 38.1 Å². The van der Waals surface area contributed by atoms with Crippen molar-refractivity contribution >= 4 is 28.4 Å². The Balaban J connectivity index is 1.92. The topological polar surface area (TPSA) is 54.0 Å². The van der Waals surface area contributed by atoms with Crippen LogP contribution in [0.1, 0.15) is 25.8 Å². The van der Waals surface area contributed by atoms with Gasteiger partial charge in [-0.15, -0.1) is 0 Å². The van der Waals surface area contributed by atoms with Crippen LogP contribution in [0, 0.1) is 0 Å². The lowest BCUT2D eigenvalue weighted by Gasteiger charge is -2.10. The highest BCUT2D eigenvalue weighted by Gasteiger charge is 2.06. The van der Waals surface area contributed by atoms with E-state index in [0.29, 0.717) is 24.5 Å². The lowest BCUT2D eigenvalue weighted by Crippen LogP contribution is -2.32. The van der Waals surface area contributed by atoms with Crippen LogP contribution in [-0.4, -0.2) is 23.5 Å². The van der Waals surface area contributed by atoms with Crippen molar-refractivity contribution in [2.75, 3.05) is 6.54 Å². The first kappa shape index (κ1) is 15.7. The number of pyridine rings is 1. The predicted molar refractivity (Wildman–Crippen MR) is 86.4 cm³/mol. The molecule has 0 bridgehead atoms. The van der Waals surface area contributed by atoms with E-state index < -0.39 is 0 Å². The molecule has 1 aromatic heterocycles. The zero-order valence-corrected chi connectivity index (χ0v) is 13.1. The second-order valence-electron chi connectivity index (χ2n) is 5.26. The molecule has 0 aliphatic rings. The zero-order chi connectivity index (χ0) is 15.2. The number of nitrogens with zero attached hydrogens (tertiary/aromatic N) is 1. The van der Waals surface area contributed by atoms with Gasteiger partial charge in [-0.05, 0) is 37.6 Å². The number of amides is 1. The van der Waals surface area contributed by atoms with Gasteiger partial charge in [0, 0.05) is 42.2 Å². The summed E-state index contributed by atoms with van der Waals surface area (Å²) in [5.74, 6) is 0.0663. The molecule has 1 aromatic carbocycles. The molecule has 1 heterocycles. The monoisotopic (exact) mass is 305 g/mol. The summed E-state index contributed by atoms with van der Waals surface area (Å²) in [6, 6.07) is 7.88. The fraction of sp³-hybridized carbons (Fsp3) is 0.375. The van der Waals surface area contributed by atoms with E-state index in [1.54, 1.807) is 6.20 Å². The Labute approximate surface area is 129 Å². The van der Waals surface area contributed by atoms with Gasteiger partial charge in [-0.3, -0.25) is 9.78 Å². The molecular weight excluding hydrogens is 286 g/mol. The lowest BCUT2D eigenvalue weighted by atomic mass is 10.1. The molecule has 0 saturated carbocycles. The second-order valence-corrected chi connectivity index (χ2v) is 5.66. The quantitative estimate of drug-likeness (QED) is 0.807. The molecule has 5 heteroatoms. The zero-order valence-electron chi connectivity index (χ0n) is 12.3. The summed E-state index contributed by atoms with van der Waals surface area (Å²) in [7, 11) is 0. The number of fused-ring (bicyclic) bond motifs is 1. The number of benzene rings is 1. The minimum absolute atomic E-state index is 0.0663. The molecule has 0 atom stereocenters. The van der Waals surface area contributed by atoms with E-state index >= 15 is 0 Å². The molecule has 1 amide bonds. The Hall–Kier alpha value is -1.65. The fourth-order valence-electron chi connectivity index (χ4n) is 2.16. The first-order valence-corrected chi connectivity index (χ1v) is 7.48. The Morgan fingerprint density at radius 3 is 2.90 bits per heavy atom. The highest BCUT2D eigenvalue weighted by Crippen LogP contribution is 2.24. The number of carbonyl (C=O) groups excluding carboxylic acids is 1. The average molecular weight is 306 g/mol. The predicted octanol–water partition coefficient (Wildman–Crippen LogP) is 2.89. The van der Waals surface area contributed by atoms with Gasteiger partial charge in [0.2, 0.25) is 5.91 Å². The van der Waals surface area contributed by atoms with Crippen molar-refractivity contribution in [2.24, 2.45) is 0 Å². The molecule has 0 unspecified atom stereocenters. The third-order valence-electron chi connectivity index (χ3n) is 3.09. The van der Waals surface area contributed by atoms with Crippen LogP contribution in [0.3, 0.4) is 0 Å². The standard InChI is InChI=1S/C16H20ClN3O/c1-11(2)20-15(21)7-9-18-10-12-5-6-14(17)13-4-3-8-19-16(12)13/h3-6,8,11,18H,7,9-10H2,1-2H3,(H,20,21). The largest absolute Gasteiger partial charge is 0.354 e. The van der Waals surface area contributed by atoms with Gasteiger partial charge in [0.25, 0.3) is 0 Å². The number of carbonyl (C=O) groups is 1. The number of nitrogens with one attached hydrogen (secondary N) is 2. The number of rotatable bonds is 6. The Bertz CT molecular complexity index is 628. The van der Waals surface area contributed by atoms with Crippen molar-refractivity contribution < 1.29 is 4.79 Å². The summed E-state index contributed by atoms with van der Waals surface area (Å²) in [5, 5.41) is 7.80. The Morgan fingerprint density at radius 1 is 1.33 bits per heavy atom. The van der Waals surface area contributed by atoms with E-state index in [4.69, 9.17) is 11.6 Å². The maximum atomic E-state index is 11.5. The second kappa shape index (κ2) is 7.38. The van der Waals surface area contributed by atoms with Crippen LogP contribution >= 0.6 is 11.6 Å². The van der Waals surface area contributed by atoms with Gasteiger partial charge in [-0.1, -0.05) is 17.7 Å². The average Bonchev–Trinajstić information content (AvgIpc) is 2.45. The normalized spacial score (nSPS) is 11.0. The summed E-state index contributed by atoms with van der Waals surface area (Å²) in [5.41, 5.74) is 1.99. The van der Waals surface area contributed by atoms with Gasteiger partial charge in [-0.25, -0.2) is 0 Å². The fourth-order valence-corrected chi connectivity index (χ4v) is 2.37. The van der Waals surface area contributed by atoms with Crippen molar-refractivity contribution in [2.45, 2.75) is 32.9 Å². The SMILES string of the molecule is CC(C)NC(=O)CCNCc1ccc(Cl)c2cccnc12. The maximum Gasteiger partial charge on any atom is 0.221 e. The van der Waals surface area contributed by atoms with E-state index in [9.17, 15) is 4.79 Å². The third-order valence-corrected chi connectivity index (χ3v) is 3.42. The molecule has 4 nitrogen and oxygen atoms in total. The maximum absolute atomic E-state index is 11.5.